The molecule has 120 valence electrons. The average Bonchev–Trinajstić information content (AvgIpc) is 2.86. The minimum Gasteiger partial charge on any atom is -0.493 e. The molecule has 3 rings (SSSR count). The number of fused-ring (bicyclic) bond motifs is 1. The molecule has 1 heterocycles. The largest absolute Gasteiger partial charge is 0.493 e. The van der Waals surface area contributed by atoms with Gasteiger partial charge in [0.15, 0.2) is 11.5 Å². The van der Waals surface area contributed by atoms with Gasteiger partial charge in [0, 0.05) is 16.8 Å². The fraction of sp³-hybridized carbons (Fsp3) is 0.278. The highest BCUT2D eigenvalue weighted by molar-refractivity contribution is 6.31. The van der Waals surface area contributed by atoms with Crippen LogP contribution in [-0.2, 0) is 11.2 Å². The predicted molar refractivity (Wildman–Crippen MR) is 90.8 cm³/mol. The number of rotatable bonds is 4. The van der Waals surface area contributed by atoms with Crippen LogP contribution in [0.3, 0.4) is 0 Å². The molecule has 0 fully saturated rings. The number of carbonyl (C=O) groups is 1. The summed E-state index contributed by atoms with van der Waals surface area (Å²) in [6.07, 6.45) is 0.515. The number of amides is 1. The summed E-state index contributed by atoms with van der Waals surface area (Å²) < 4.78 is 10.6. The van der Waals surface area contributed by atoms with E-state index in [1.54, 1.807) is 20.3 Å². The molecule has 2 aromatic rings. The fourth-order valence-corrected chi connectivity index (χ4v) is 3.21. The molecule has 23 heavy (non-hydrogen) atoms. The molecule has 5 heteroatoms. The molecule has 0 saturated carbocycles. The first-order valence-corrected chi connectivity index (χ1v) is 7.73. The van der Waals surface area contributed by atoms with Gasteiger partial charge in [-0.05, 0) is 36.1 Å². The van der Waals surface area contributed by atoms with E-state index in [1.165, 1.54) is 0 Å². The van der Waals surface area contributed by atoms with Gasteiger partial charge in [-0.1, -0.05) is 29.8 Å². The molecule has 0 aliphatic carbocycles. The minimum atomic E-state index is -0.250. The lowest BCUT2D eigenvalue weighted by atomic mass is 9.92. The summed E-state index contributed by atoms with van der Waals surface area (Å²) in [4.78, 5) is 12.4. The molecule has 0 aromatic heterocycles. The number of benzene rings is 2. The Hall–Kier alpha value is -2.20. The number of aryl methyl sites for hydroxylation is 1. The van der Waals surface area contributed by atoms with Crippen LogP contribution in [0.5, 0.6) is 11.5 Å². The Morgan fingerprint density at radius 2 is 1.87 bits per heavy atom. The zero-order valence-electron chi connectivity index (χ0n) is 13.3. The van der Waals surface area contributed by atoms with Crippen molar-refractivity contribution >= 4 is 23.2 Å². The van der Waals surface area contributed by atoms with Crippen molar-refractivity contribution in [2.45, 2.75) is 19.3 Å². The number of hydrogen-bond acceptors (Lipinski definition) is 3. The molecular weight excluding hydrogens is 314 g/mol. The van der Waals surface area contributed by atoms with Crippen molar-refractivity contribution in [3.63, 3.8) is 0 Å². The van der Waals surface area contributed by atoms with Crippen molar-refractivity contribution in [1.82, 2.24) is 0 Å². The first kappa shape index (κ1) is 15.7. The van der Waals surface area contributed by atoms with E-state index < -0.39 is 0 Å². The molecule has 0 bridgehead atoms. The van der Waals surface area contributed by atoms with Crippen LogP contribution in [0, 0.1) is 6.92 Å². The minimum absolute atomic E-state index is 0.000140. The maximum atomic E-state index is 12.4. The second-order valence-corrected chi connectivity index (χ2v) is 5.99. The van der Waals surface area contributed by atoms with Crippen LogP contribution in [0.1, 0.15) is 22.6 Å². The summed E-state index contributed by atoms with van der Waals surface area (Å²) >= 11 is 6.35. The van der Waals surface area contributed by atoms with Gasteiger partial charge in [-0.15, -0.1) is 0 Å². The Balaban J connectivity index is 1.97. The van der Waals surface area contributed by atoms with Crippen LogP contribution in [0.25, 0.3) is 0 Å². The van der Waals surface area contributed by atoms with E-state index in [9.17, 15) is 4.79 Å². The third kappa shape index (κ3) is 2.75. The van der Waals surface area contributed by atoms with Crippen molar-refractivity contribution in [1.29, 1.82) is 0 Å². The van der Waals surface area contributed by atoms with Crippen LogP contribution in [0.4, 0.5) is 5.69 Å². The summed E-state index contributed by atoms with van der Waals surface area (Å²) in [5.74, 6) is 0.934. The Labute approximate surface area is 140 Å². The molecule has 1 atom stereocenters. The molecule has 1 aliphatic rings. The lowest BCUT2D eigenvalue weighted by Crippen LogP contribution is -2.14. The maximum Gasteiger partial charge on any atom is 0.232 e. The van der Waals surface area contributed by atoms with Gasteiger partial charge in [-0.25, -0.2) is 0 Å². The third-order valence-corrected chi connectivity index (χ3v) is 4.57. The topological polar surface area (TPSA) is 47.6 Å². The molecule has 4 nitrogen and oxygen atoms in total. The number of ether oxygens (including phenoxy) is 2. The number of nitrogens with one attached hydrogen (secondary N) is 1. The van der Waals surface area contributed by atoms with Crippen LogP contribution >= 0.6 is 11.6 Å². The first-order chi connectivity index (χ1) is 11.0. The highest BCUT2D eigenvalue weighted by Gasteiger charge is 2.32. The number of anilines is 1. The summed E-state index contributed by atoms with van der Waals surface area (Å²) in [7, 11) is 3.15. The smallest absolute Gasteiger partial charge is 0.232 e. The van der Waals surface area contributed by atoms with E-state index >= 15 is 0 Å². The van der Waals surface area contributed by atoms with Crippen LogP contribution < -0.4 is 14.8 Å². The lowest BCUT2D eigenvalue weighted by molar-refractivity contribution is -0.117. The van der Waals surface area contributed by atoms with E-state index in [2.05, 4.69) is 5.32 Å². The van der Waals surface area contributed by atoms with Gasteiger partial charge in [-0.3, -0.25) is 4.79 Å². The molecule has 0 unspecified atom stereocenters. The number of para-hydroxylation sites is 1. The highest BCUT2D eigenvalue weighted by Crippen LogP contribution is 2.40. The Bertz CT molecular complexity index is 773. The predicted octanol–water partition coefficient (Wildman–Crippen LogP) is 3.94. The Kier molecular flexibility index (Phi) is 4.18. The molecule has 2 aromatic carbocycles. The van der Waals surface area contributed by atoms with Gasteiger partial charge in [0.25, 0.3) is 0 Å². The van der Waals surface area contributed by atoms with Crippen molar-refractivity contribution in [3.8, 4) is 11.5 Å². The SMILES string of the molecule is COc1cc(Cl)c(C[C@H]2C(=O)Nc3c(C)cccc32)cc1OC. The lowest BCUT2D eigenvalue weighted by Gasteiger charge is -2.14. The first-order valence-electron chi connectivity index (χ1n) is 7.36. The number of carbonyl (C=O) groups excluding carboxylic acids is 1. The summed E-state index contributed by atoms with van der Waals surface area (Å²) in [6, 6.07) is 9.50. The van der Waals surface area contributed by atoms with Gasteiger partial charge in [0.1, 0.15) is 0 Å². The van der Waals surface area contributed by atoms with Crippen LogP contribution in [0.2, 0.25) is 5.02 Å². The van der Waals surface area contributed by atoms with E-state index in [0.717, 1.165) is 22.4 Å². The third-order valence-electron chi connectivity index (χ3n) is 4.22. The summed E-state index contributed by atoms with van der Waals surface area (Å²) in [5.41, 5.74) is 3.86. The van der Waals surface area contributed by atoms with Gasteiger partial charge in [-0.2, -0.15) is 0 Å². The molecule has 0 spiro atoms. The van der Waals surface area contributed by atoms with Gasteiger partial charge in [0.2, 0.25) is 5.91 Å². The number of methoxy groups -OCH3 is 2. The van der Waals surface area contributed by atoms with Crippen molar-refractivity contribution in [3.05, 3.63) is 52.0 Å². The van der Waals surface area contributed by atoms with Crippen molar-refractivity contribution in [2.75, 3.05) is 19.5 Å². The molecule has 1 aliphatic heterocycles. The van der Waals surface area contributed by atoms with Gasteiger partial charge < -0.3 is 14.8 Å². The van der Waals surface area contributed by atoms with Crippen LogP contribution in [0.15, 0.2) is 30.3 Å². The van der Waals surface area contributed by atoms with Crippen molar-refractivity contribution in [2.24, 2.45) is 0 Å². The van der Waals surface area contributed by atoms with Crippen LogP contribution in [-0.4, -0.2) is 20.1 Å². The van der Waals surface area contributed by atoms with E-state index in [1.807, 2.05) is 31.2 Å². The van der Waals surface area contributed by atoms with E-state index in [4.69, 9.17) is 21.1 Å². The van der Waals surface area contributed by atoms with Crippen molar-refractivity contribution < 1.29 is 14.3 Å². The van der Waals surface area contributed by atoms with Gasteiger partial charge >= 0.3 is 0 Å². The standard InChI is InChI=1S/C18H18ClNO3/c1-10-5-4-6-12-13(18(21)20-17(10)12)7-11-8-15(22-2)16(23-3)9-14(11)19/h4-6,8-9,13H,7H2,1-3H3,(H,20,21)/t13-/m1/s1. The Morgan fingerprint density at radius 3 is 2.57 bits per heavy atom. The van der Waals surface area contributed by atoms with E-state index in [-0.39, 0.29) is 11.8 Å². The second-order valence-electron chi connectivity index (χ2n) is 5.58. The molecule has 1 amide bonds. The maximum absolute atomic E-state index is 12.4. The normalized spacial score (nSPS) is 16.0. The second kappa shape index (κ2) is 6.13. The number of halogens is 1. The van der Waals surface area contributed by atoms with Gasteiger partial charge in [0.05, 0.1) is 20.1 Å². The molecule has 0 radical (unpaired) electrons. The summed E-state index contributed by atoms with van der Waals surface area (Å²) in [5, 5.41) is 3.53. The Morgan fingerprint density at radius 1 is 1.17 bits per heavy atom. The quantitative estimate of drug-likeness (QED) is 0.923. The molecule has 1 N–H and O–H groups in total. The highest BCUT2D eigenvalue weighted by atomic mass is 35.5. The zero-order valence-corrected chi connectivity index (χ0v) is 14.0. The monoisotopic (exact) mass is 331 g/mol. The summed E-state index contributed by atoms with van der Waals surface area (Å²) in [6.45, 7) is 1.99. The molecule has 0 saturated heterocycles. The van der Waals surface area contributed by atoms with E-state index in [0.29, 0.717) is 22.9 Å². The molecular formula is C18H18ClNO3. The average molecular weight is 332 g/mol. The fourth-order valence-electron chi connectivity index (χ4n) is 2.98. The zero-order chi connectivity index (χ0) is 16.6. The number of hydrogen-bond donors (Lipinski definition) is 1.